The number of furan rings is 1. The van der Waals surface area contributed by atoms with Crippen molar-refractivity contribution in [2.24, 2.45) is 0 Å². The molecule has 0 radical (unpaired) electrons. The van der Waals surface area contributed by atoms with E-state index in [4.69, 9.17) is 4.42 Å². The van der Waals surface area contributed by atoms with Crippen LogP contribution in [0.15, 0.2) is 251 Å². The van der Waals surface area contributed by atoms with Crippen molar-refractivity contribution < 1.29 is 4.42 Å². The van der Waals surface area contributed by atoms with E-state index in [0.717, 1.165) is 39.0 Å². The molecular weight excluding hydrogens is 807 g/mol. The first-order valence-electron chi connectivity index (χ1n) is 22.4. The van der Waals surface area contributed by atoms with Gasteiger partial charge >= 0.3 is 0 Å². The lowest BCUT2D eigenvalue weighted by Crippen LogP contribution is -2.32. The lowest BCUT2D eigenvalue weighted by molar-refractivity contribution is 0.669. The Morgan fingerprint density at radius 1 is 0.308 bits per heavy atom. The van der Waals surface area contributed by atoms with E-state index in [1.54, 1.807) is 0 Å². The summed E-state index contributed by atoms with van der Waals surface area (Å²) in [7, 11) is 0. The first kappa shape index (κ1) is 36.6. The van der Waals surface area contributed by atoms with Crippen molar-refractivity contribution >= 4 is 50.8 Å². The van der Waals surface area contributed by atoms with Gasteiger partial charge in [-0.05, 0) is 127 Å². The maximum absolute atomic E-state index is 6.43. The molecule has 0 atom stereocenters. The predicted octanol–water partition coefficient (Wildman–Crippen LogP) is 16.2. The van der Waals surface area contributed by atoms with E-state index in [9.17, 15) is 0 Å². The molecular formula is C62H39NOS. The van der Waals surface area contributed by atoms with Gasteiger partial charge in [-0.1, -0.05) is 188 Å². The summed E-state index contributed by atoms with van der Waals surface area (Å²) >= 11 is 1.88. The highest BCUT2D eigenvalue weighted by Crippen LogP contribution is 2.63. The van der Waals surface area contributed by atoms with Crippen LogP contribution in [0.2, 0.25) is 0 Å². The Hall–Kier alpha value is -7.85. The molecule has 0 fully saturated rings. The van der Waals surface area contributed by atoms with E-state index in [0.29, 0.717) is 0 Å². The molecule has 11 aromatic rings. The van der Waals surface area contributed by atoms with E-state index in [2.05, 4.69) is 235 Å². The maximum atomic E-state index is 6.43. The third-order valence-electron chi connectivity index (χ3n) is 14.4. The zero-order chi connectivity index (χ0) is 42.7. The number of hydrogen-bond acceptors (Lipinski definition) is 3. The number of anilines is 3. The van der Waals surface area contributed by atoms with Gasteiger partial charge in [-0.15, -0.1) is 0 Å². The Bertz CT molecular complexity index is 3640. The fraction of sp³-hybridized carbons (Fsp3) is 0.0323. The lowest BCUT2D eigenvalue weighted by atomic mass is 9.67. The van der Waals surface area contributed by atoms with Crippen molar-refractivity contribution in [3.8, 4) is 22.3 Å². The average molecular weight is 846 g/mol. The molecule has 10 aromatic carbocycles. The number of nitrogens with zero attached hydrogens (tertiary/aromatic N) is 1. The van der Waals surface area contributed by atoms with Gasteiger partial charge in [-0.3, -0.25) is 0 Å². The fourth-order valence-corrected chi connectivity index (χ4v) is 13.0. The van der Waals surface area contributed by atoms with E-state index in [1.165, 1.54) is 76.6 Å². The zero-order valence-corrected chi connectivity index (χ0v) is 36.1. The summed E-state index contributed by atoms with van der Waals surface area (Å²) in [6, 6.07) is 87.8. The van der Waals surface area contributed by atoms with Crippen LogP contribution in [-0.2, 0) is 10.8 Å². The van der Waals surface area contributed by atoms with Gasteiger partial charge in [0, 0.05) is 37.6 Å². The molecule has 0 unspecified atom stereocenters. The minimum atomic E-state index is -0.543. The topological polar surface area (TPSA) is 16.4 Å². The van der Waals surface area contributed by atoms with Crippen LogP contribution in [0.5, 0.6) is 0 Å². The minimum absolute atomic E-state index is 0.507. The Kier molecular flexibility index (Phi) is 7.79. The van der Waals surface area contributed by atoms with Crippen molar-refractivity contribution in [3.63, 3.8) is 0 Å². The van der Waals surface area contributed by atoms with Crippen molar-refractivity contribution in [1.82, 2.24) is 0 Å². The summed E-state index contributed by atoms with van der Waals surface area (Å²) in [4.78, 5) is 5.04. The van der Waals surface area contributed by atoms with Gasteiger partial charge in [0.1, 0.15) is 11.2 Å². The highest BCUT2D eigenvalue weighted by Gasteiger charge is 2.51. The molecule has 1 spiro atoms. The summed E-state index contributed by atoms with van der Waals surface area (Å²) in [5.74, 6) is 0. The highest BCUT2D eigenvalue weighted by molar-refractivity contribution is 7.99. The number of hydrogen-bond donors (Lipinski definition) is 0. The molecule has 2 aliphatic carbocycles. The SMILES string of the molecule is c1ccc(C2(c3cccc(N(c4ccc5c(c4)C4(c6ccccc6S5)c5ccccc5-c5ccccc54)c4ccc5oc6ccccc6c5c4)c3)c3ccccc3-c3ccccc32)cc1. The third-order valence-corrected chi connectivity index (χ3v) is 15.6. The molecule has 1 aliphatic heterocycles. The standard InChI is InChI=1S/C62H39NOS/c1-2-17-40(18-3-1)61(51-26-9-4-21-45(51)46-22-5-10-27-52(46)61)41-19-16-20-42(37-41)63(43-33-35-58-50(38-43)49-25-8-14-31-57(49)64-58)44-34-36-60-56(39-44)62(55-30-13-15-32-59(55)65-60)53-28-11-6-23-47(53)48-24-7-12-29-54(48)62/h1-39H. The van der Waals surface area contributed by atoms with Gasteiger partial charge in [-0.2, -0.15) is 0 Å². The van der Waals surface area contributed by atoms with Crippen LogP contribution in [0.1, 0.15) is 44.5 Å². The average Bonchev–Trinajstić information content (AvgIpc) is 4.00. The fourth-order valence-electron chi connectivity index (χ4n) is 11.9. The molecule has 0 saturated heterocycles. The van der Waals surface area contributed by atoms with E-state index in [1.807, 2.05) is 17.8 Å². The molecule has 0 bridgehead atoms. The van der Waals surface area contributed by atoms with Crippen LogP contribution in [0.3, 0.4) is 0 Å². The summed E-state index contributed by atoms with van der Waals surface area (Å²) in [5, 5.41) is 2.20. The van der Waals surface area contributed by atoms with Crippen molar-refractivity contribution in [2.45, 2.75) is 20.6 Å². The second-order valence-corrected chi connectivity index (χ2v) is 18.6. The van der Waals surface area contributed by atoms with Crippen LogP contribution in [0.25, 0.3) is 44.2 Å². The van der Waals surface area contributed by atoms with Crippen LogP contribution in [-0.4, -0.2) is 0 Å². The molecule has 2 nitrogen and oxygen atoms in total. The second-order valence-electron chi connectivity index (χ2n) is 17.5. The zero-order valence-electron chi connectivity index (χ0n) is 35.3. The predicted molar refractivity (Wildman–Crippen MR) is 267 cm³/mol. The van der Waals surface area contributed by atoms with Crippen LogP contribution in [0, 0.1) is 0 Å². The molecule has 2 heterocycles. The quantitative estimate of drug-likeness (QED) is 0.172. The van der Waals surface area contributed by atoms with Crippen LogP contribution >= 0.6 is 11.8 Å². The minimum Gasteiger partial charge on any atom is -0.456 e. The van der Waals surface area contributed by atoms with Gasteiger partial charge in [0.2, 0.25) is 0 Å². The Labute approximate surface area is 382 Å². The molecule has 304 valence electrons. The molecule has 65 heavy (non-hydrogen) atoms. The van der Waals surface area contributed by atoms with Crippen LogP contribution < -0.4 is 4.90 Å². The lowest BCUT2D eigenvalue weighted by Gasteiger charge is -2.40. The van der Waals surface area contributed by atoms with Gasteiger partial charge in [0.05, 0.1) is 10.8 Å². The van der Waals surface area contributed by atoms with E-state index < -0.39 is 10.8 Å². The first-order chi connectivity index (χ1) is 32.2. The summed E-state index contributed by atoms with van der Waals surface area (Å²) in [6.07, 6.45) is 0. The Morgan fingerprint density at radius 3 is 1.49 bits per heavy atom. The smallest absolute Gasteiger partial charge is 0.135 e. The Morgan fingerprint density at radius 2 is 0.800 bits per heavy atom. The summed E-state index contributed by atoms with van der Waals surface area (Å²) in [5.41, 5.74) is 19.5. The number of fused-ring (bicyclic) bond motifs is 15. The molecule has 0 N–H and O–H groups in total. The molecule has 0 saturated carbocycles. The maximum Gasteiger partial charge on any atom is 0.135 e. The molecule has 3 aliphatic rings. The second kappa shape index (κ2) is 13.8. The normalized spacial score (nSPS) is 14.3. The van der Waals surface area contributed by atoms with E-state index in [-0.39, 0.29) is 0 Å². The Balaban J connectivity index is 1.05. The van der Waals surface area contributed by atoms with Gasteiger partial charge < -0.3 is 9.32 Å². The van der Waals surface area contributed by atoms with Gasteiger partial charge in [-0.25, -0.2) is 0 Å². The van der Waals surface area contributed by atoms with Gasteiger partial charge in [0.25, 0.3) is 0 Å². The third kappa shape index (κ3) is 4.96. The van der Waals surface area contributed by atoms with Gasteiger partial charge in [0.15, 0.2) is 0 Å². The molecule has 3 heteroatoms. The summed E-state index contributed by atoms with van der Waals surface area (Å²) in [6.45, 7) is 0. The number of para-hydroxylation sites is 1. The number of benzene rings is 10. The first-order valence-corrected chi connectivity index (χ1v) is 23.2. The van der Waals surface area contributed by atoms with Crippen molar-refractivity contribution in [1.29, 1.82) is 0 Å². The van der Waals surface area contributed by atoms with Crippen molar-refractivity contribution in [2.75, 3.05) is 4.90 Å². The molecule has 0 amide bonds. The van der Waals surface area contributed by atoms with E-state index >= 15 is 0 Å². The molecule has 1 aromatic heterocycles. The number of rotatable bonds is 5. The summed E-state index contributed by atoms with van der Waals surface area (Å²) < 4.78 is 6.43. The largest absolute Gasteiger partial charge is 0.456 e. The van der Waals surface area contributed by atoms with Crippen LogP contribution in [0.4, 0.5) is 17.1 Å². The van der Waals surface area contributed by atoms with Crippen molar-refractivity contribution in [3.05, 3.63) is 281 Å². The highest BCUT2D eigenvalue weighted by atomic mass is 32.2. The monoisotopic (exact) mass is 845 g/mol. The molecule has 14 rings (SSSR count).